The molecular formula is C16H26BrN7. The molecule has 2 aliphatic rings. The lowest BCUT2D eigenvalue weighted by atomic mass is 10.2. The van der Waals surface area contributed by atoms with Crippen LogP contribution in [0.25, 0.3) is 0 Å². The number of nitrogen functional groups attached to an aromatic ring is 1. The Morgan fingerprint density at radius 2 is 1.67 bits per heavy atom. The van der Waals surface area contributed by atoms with Crippen molar-refractivity contribution in [3.63, 3.8) is 0 Å². The smallest absolute Gasteiger partial charge is 0.144 e. The Morgan fingerprint density at radius 3 is 2.29 bits per heavy atom. The predicted octanol–water partition coefficient (Wildman–Crippen LogP) is 1.39. The van der Waals surface area contributed by atoms with Gasteiger partial charge in [0, 0.05) is 26.2 Å². The van der Waals surface area contributed by atoms with Crippen LogP contribution < -0.4 is 10.6 Å². The molecule has 1 aromatic heterocycles. The first-order chi connectivity index (χ1) is 11.6. The normalized spacial score (nSPS) is 19.8. The zero-order valence-corrected chi connectivity index (χ0v) is 15.6. The maximum absolute atomic E-state index is 7.86. The summed E-state index contributed by atoms with van der Waals surface area (Å²) in [6, 6.07) is 0. The van der Waals surface area contributed by atoms with Crippen LogP contribution in [0.3, 0.4) is 0 Å². The molecule has 3 heterocycles. The summed E-state index contributed by atoms with van der Waals surface area (Å²) in [5.74, 6) is 1.12. The van der Waals surface area contributed by atoms with E-state index in [9.17, 15) is 0 Å². The second-order valence-corrected chi connectivity index (χ2v) is 7.30. The summed E-state index contributed by atoms with van der Waals surface area (Å²) in [7, 11) is 0. The van der Waals surface area contributed by atoms with Crippen molar-refractivity contribution in [3.8, 4) is 0 Å². The van der Waals surface area contributed by atoms with E-state index in [0.717, 1.165) is 38.5 Å². The fourth-order valence-corrected chi connectivity index (χ4v) is 3.93. The summed E-state index contributed by atoms with van der Waals surface area (Å²) in [6.45, 7) is 8.83. The van der Waals surface area contributed by atoms with Crippen LogP contribution in [-0.2, 0) is 0 Å². The van der Waals surface area contributed by atoms with Gasteiger partial charge in [-0.3, -0.25) is 10.3 Å². The number of anilines is 2. The van der Waals surface area contributed by atoms with Gasteiger partial charge in [0.15, 0.2) is 0 Å². The highest BCUT2D eigenvalue weighted by molar-refractivity contribution is 9.18. The predicted molar refractivity (Wildman–Crippen MR) is 101 cm³/mol. The van der Waals surface area contributed by atoms with Gasteiger partial charge in [-0.1, -0.05) is 0 Å². The number of halogens is 1. The van der Waals surface area contributed by atoms with Gasteiger partial charge in [0.1, 0.15) is 22.6 Å². The first kappa shape index (κ1) is 17.6. The molecule has 0 aliphatic carbocycles. The molecule has 0 saturated carbocycles. The van der Waals surface area contributed by atoms with E-state index in [-0.39, 0.29) is 4.62 Å². The maximum Gasteiger partial charge on any atom is 0.144 e. The number of nitrogens with zero attached hydrogens (tertiary/aromatic N) is 5. The molecule has 3 rings (SSSR count). The summed E-state index contributed by atoms with van der Waals surface area (Å²) in [5, 5.41) is 7.86. The number of piperazine rings is 1. The highest BCUT2D eigenvalue weighted by atomic mass is 79.9. The molecule has 2 aliphatic heterocycles. The van der Waals surface area contributed by atoms with Gasteiger partial charge in [-0.2, -0.15) is 0 Å². The van der Waals surface area contributed by atoms with Crippen molar-refractivity contribution >= 4 is 32.2 Å². The summed E-state index contributed by atoms with van der Waals surface area (Å²) < 4.78 is 0.239. The van der Waals surface area contributed by atoms with Crippen LogP contribution in [0, 0.1) is 5.41 Å². The third-order valence-corrected chi connectivity index (χ3v) is 5.29. The van der Waals surface area contributed by atoms with Crippen LogP contribution in [0.15, 0.2) is 6.33 Å². The second kappa shape index (κ2) is 8.22. The van der Waals surface area contributed by atoms with E-state index in [0.29, 0.717) is 11.4 Å². The minimum Gasteiger partial charge on any atom is -0.383 e. The average molecular weight is 396 g/mol. The Labute approximate surface area is 151 Å². The highest BCUT2D eigenvalue weighted by Crippen LogP contribution is 2.25. The molecule has 0 atom stereocenters. The molecule has 0 spiro atoms. The Balaban J connectivity index is 1.50. The number of aromatic nitrogens is 2. The monoisotopic (exact) mass is 395 g/mol. The zero-order chi connectivity index (χ0) is 16.9. The largest absolute Gasteiger partial charge is 0.383 e. The number of hydrogen-bond donors (Lipinski definition) is 2. The minimum atomic E-state index is 0.239. The van der Waals surface area contributed by atoms with Gasteiger partial charge in [0.25, 0.3) is 0 Å². The lowest BCUT2D eigenvalue weighted by Crippen LogP contribution is -2.47. The van der Waals surface area contributed by atoms with Gasteiger partial charge in [-0.05, 0) is 61.4 Å². The molecule has 7 nitrogen and oxygen atoms in total. The average Bonchev–Trinajstić information content (AvgIpc) is 3.08. The number of nitrogens with one attached hydrogen (secondary N) is 1. The third kappa shape index (κ3) is 4.23. The fraction of sp³-hybridized carbons (Fsp3) is 0.688. The van der Waals surface area contributed by atoms with Crippen LogP contribution in [0.4, 0.5) is 11.6 Å². The van der Waals surface area contributed by atoms with E-state index in [4.69, 9.17) is 11.1 Å². The van der Waals surface area contributed by atoms with E-state index in [1.54, 1.807) is 0 Å². The molecular weight excluding hydrogens is 370 g/mol. The van der Waals surface area contributed by atoms with Crippen molar-refractivity contribution in [2.45, 2.75) is 19.3 Å². The van der Waals surface area contributed by atoms with Crippen molar-refractivity contribution < 1.29 is 0 Å². The lowest BCUT2D eigenvalue weighted by Gasteiger charge is -2.36. The molecule has 0 amide bonds. The molecule has 0 radical (unpaired) electrons. The zero-order valence-electron chi connectivity index (χ0n) is 14.0. The topological polar surface area (TPSA) is 85.4 Å². The Bertz CT molecular complexity index is 566. The summed E-state index contributed by atoms with van der Waals surface area (Å²) in [5.41, 5.74) is 6.52. The first-order valence-corrected chi connectivity index (χ1v) is 9.49. The van der Waals surface area contributed by atoms with Crippen molar-refractivity contribution in [1.82, 2.24) is 19.8 Å². The fourth-order valence-electron chi connectivity index (χ4n) is 3.55. The second-order valence-electron chi connectivity index (χ2n) is 6.50. The summed E-state index contributed by atoms with van der Waals surface area (Å²) in [4.78, 5) is 15.7. The van der Waals surface area contributed by atoms with E-state index >= 15 is 0 Å². The van der Waals surface area contributed by atoms with E-state index < -0.39 is 0 Å². The van der Waals surface area contributed by atoms with E-state index in [1.807, 2.05) is 0 Å². The molecule has 2 saturated heterocycles. The summed E-state index contributed by atoms with van der Waals surface area (Å²) >= 11 is 3.21. The number of likely N-dealkylation sites (tertiary alicyclic amines) is 1. The van der Waals surface area contributed by atoms with Gasteiger partial charge in [-0.15, -0.1) is 0 Å². The molecule has 0 aromatic carbocycles. The first-order valence-electron chi connectivity index (χ1n) is 8.69. The van der Waals surface area contributed by atoms with Crippen LogP contribution in [0.5, 0.6) is 0 Å². The van der Waals surface area contributed by atoms with E-state index in [2.05, 4.69) is 40.6 Å². The van der Waals surface area contributed by atoms with Gasteiger partial charge >= 0.3 is 0 Å². The Morgan fingerprint density at radius 1 is 1.04 bits per heavy atom. The quantitative estimate of drug-likeness (QED) is 0.707. The number of nitrogens with two attached hydrogens (primary N) is 1. The highest BCUT2D eigenvalue weighted by Gasteiger charge is 2.23. The van der Waals surface area contributed by atoms with Gasteiger partial charge in [0.05, 0.1) is 5.56 Å². The number of hydrogen-bond acceptors (Lipinski definition) is 7. The van der Waals surface area contributed by atoms with Gasteiger partial charge in [0.2, 0.25) is 0 Å². The number of rotatable bonds is 6. The molecule has 0 bridgehead atoms. The summed E-state index contributed by atoms with van der Waals surface area (Å²) in [6.07, 6.45) is 5.46. The van der Waals surface area contributed by atoms with Crippen LogP contribution >= 0.6 is 15.9 Å². The molecule has 2 fully saturated rings. The molecule has 0 unspecified atom stereocenters. The maximum atomic E-state index is 7.86. The van der Waals surface area contributed by atoms with Crippen molar-refractivity contribution in [3.05, 3.63) is 11.9 Å². The minimum absolute atomic E-state index is 0.239. The van der Waals surface area contributed by atoms with Crippen molar-refractivity contribution in [1.29, 1.82) is 5.41 Å². The lowest BCUT2D eigenvalue weighted by molar-refractivity contribution is 0.234. The third-order valence-electron chi connectivity index (χ3n) is 4.90. The van der Waals surface area contributed by atoms with Crippen LogP contribution in [0.1, 0.15) is 24.8 Å². The molecule has 3 N–H and O–H groups in total. The standard InChI is InChI=1S/C16H26BrN7/c17-14(18)13-15(19)20-12-21-16(13)24-10-8-23(9-11-24)7-3-6-22-4-1-2-5-22/h12,18H,1-11H2,(H2,19,20,21). The van der Waals surface area contributed by atoms with Gasteiger partial charge in [-0.25, -0.2) is 9.97 Å². The molecule has 1 aromatic rings. The molecule has 132 valence electrons. The van der Waals surface area contributed by atoms with Crippen LogP contribution in [-0.4, -0.2) is 76.7 Å². The van der Waals surface area contributed by atoms with E-state index in [1.165, 1.54) is 45.2 Å². The van der Waals surface area contributed by atoms with Crippen LogP contribution in [0.2, 0.25) is 0 Å². The Kier molecular flexibility index (Phi) is 6.02. The Hall–Kier alpha value is -1.25. The molecule has 24 heavy (non-hydrogen) atoms. The van der Waals surface area contributed by atoms with Gasteiger partial charge < -0.3 is 15.5 Å². The van der Waals surface area contributed by atoms with Crippen molar-refractivity contribution in [2.24, 2.45) is 0 Å². The van der Waals surface area contributed by atoms with Crippen molar-refractivity contribution in [2.75, 3.05) is 63.0 Å². The SMILES string of the molecule is N=C(Br)c1c(N)ncnc1N1CCN(CCCN2CCCC2)CC1. The molecule has 8 heteroatoms.